The molecule has 0 aromatic carbocycles. The first-order valence-corrected chi connectivity index (χ1v) is 9.08. The van der Waals surface area contributed by atoms with Crippen molar-refractivity contribution in [3.05, 3.63) is 28.7 Å². The fourth-order valence-corrected chi connectivity index (χ4v) is 4.31. The van der Waals surface area contributed by atoms with Gasteiger partial charge in [-0.2, -0.15) is 5.10 Å². The van der Waals surface area contributed by atoms with Crippen LogP contribution in [-0.2, 0) is 16.8 Å². The molecular formula is C18H25N5O2. The summed E-state index contributed by atoms with van der Waals surface area (Å²) in [6, 6.07) is 0. The van der Waals surface area contributed by atoms with Crippen molar-refractivity contribution in [2.75, 3.05) is 6.54 Å². The number of amides is 1. The Morgan fingerprint density at radius 1 is 1.36 bits per heavy atom. The number of aromatic amines is 1. The number of hydrogen-bond donors (Lipinski definition) is 1. The molecule has 1 aliphatic carbocycles. The third kappa shape index (κ3) is 2.32. The summed E-state index contributed by atoms with van der Waals surface area (Å²) in [5.74, 6) is 2.02. The van der Waals surface area contributed by atoms with Gasteiger partial charge in [0.2, 0.25) is 17.7 Å². The molecule has 7 nitrogen and oxygen atoms in total. The number of carbonyl (C=O) groups is 1. The van der Waals surface area contributed by atoms with Crippen molar-refractivity contribution >= 4 is 5.91 Å². The second kappa shape index (κ2) is 5.68. The fraction of sp³-hybridized carbons (Fsp3) is 0.667. The first-order chi connectivity index (χ1) is 11.9. The molecule has 3 heterocycles. The number of aromatic nitrogens is 4. The average Bonchev–Trinajstić information content (AvgIpc) is 3.21. The molecule has 0 radical (unpaired) electrons. The highest BCUT2D eigenvalue weighted by molar-refractivity contribution is 5.80. The van der Waals surface area contributed by atoms with Gasteiger partial charge in [0.15, 0.2) is 0 Å². The van der Waals surface area contributed by atoms with Gasteiger partial charge in [0.05, 0.1) is 12.1 Å². The van der Waals surface area contributed by atoms with Gasteiger partial charge in [0.25, 0.3) is 0 Å². The largest absolute Gasteiger partial charge is 0.422 e. The lowest BCUT2D eigenvalue weighted by Crippen LogP contribution is -2.54. The smallest absolute Gasteiger partial charge is 0.242 e. The zero-order valence-corrected chi connectivity index (χ0v) is 15.3. The number of nitrogens with zero attached hydrogens (tertiary/aromatic N) is 4. The number of carbonyl (C=O) groups excluding carboxylic acids is 1. The van der Waals surface area contributed by atoms with Crippen molar-refractivity contribution < 1.29 is 9.21 Å². The Morgan fingerprint density at radius 3 is 2.72 bits per heavy atom. The van der Waals surface area contributed by atoms with Gasteiger partial charge in [-0.1, -0.05) is 13.8 Å². The second-order valence-corrected chi connectivity index (χ2v) is 7.68. The van der Waals surface area contributed by atoms with Gasteiger partial charge in [0.1, 0.15) is 5.54 Å². The summed E-state index contributed by atoms with van der Waals surface area (Å²) >= 11 is 0. The Labute approximate surface area is 147 Å². The van der Waals surface area contributed by atoms with Gasteiger partial charge in [-0.05, 0) is 39.0 Å². The second-order valence-electron chi connectivity index (χ2n) is 7.68. The highest BCUT2D eigenvalue weighted by Crippen LogP contribution is 2.56. The standard InChI is InChI=1S/C18H25N5O2/c1-10(2)16-21-22-17(25-16)18-7-5-13(18)6-8-23(18)15(24)9-14-11(3)19-20-12(14)4/h10,13H,5-9H2,1-4H3,(H,19,20)/t13-,18-/m0/s1. The van der Waals surface area contributed by atoms with Gasteiger partial charge in [0, 0.05) is 23.7 Å². The number of H-pyrrole nitrogens is 1. The number of aryl methyl sites for hydroxylation is 2. The van der Waals surface area contributed by atoms with Crippen LogP contribution in [0.3, 0.4) is 0 Å². The lowest BCUT2D eigenvalue weighted by molar-refractivity contribution is -0.141. The first-order valence-electron chi connectivity index (χ1n) is 9.08. The van der Waals surface area contributed by atoms with E-state index >= 15 is 0 Å². The molecule has 0 unspecified atom stereocenters. The van der Waals surface area contributed by atoms with Crippen LogP contribution in [0.1, 0.15) is 67.8 Å². The van der Waals surface area contributed by atoms with E-state index in [-0.39, 0.29) is 17.4 Å². The third-order valence-electron chi connectivity index (χ3n) is 5.95. The zero-order valence-electron chi connectivity index (χ0n) is 15.3. The summed E-state index contributed by atoms with van der Waals surface area (Å²) in [5, 5.41) is 15.7. The quantitative estimate of drug-likeness (QED) is 0.922. The Kier molecular flexibility index (Phi) is 3.70. The van der Waals surface area contributed by atoms with Crippen LogP contribution in [0, 0.1) is 19.8 Å². The predicted molar refractivity (Wildman–Crippen MR) is 90.9 cm³/mol. The summed E-state index contributed by atoms with van der Waals surface area (Å²) < 4.78 is 5.98. The molecule has 1 N–H and O–H groups in total. The maximum atomic E-state index is 13.1. The molecule has 2 atom stereocenters. The highest BCUT2D eigenvalue weighted by atomic mass is 16.4. The number of fused-ring (bicyclic) bond motifs is 1. The van der Waals surface area contributed by atoms with Gasteiger partial charge in [-0.15, -0.1) is 10.2 Å². The van der Waals surface area contributed by atoms with Crippen LogP contribution >= 0.6 is 0 Å². The number of likely N-dealkylation sites (tertiary alicyclic amines) is 1. The van der Waals surface area contributed by atoms with E-state index in [1.807, 2.05) is 32.6 Å². The van der Waals surface area contributed by atoms with Crippen LogP contribution in [-0.4, -0.2) is 37.7 Å². The fourth-order valence-electron chi connectivity index (χ4n) is 4.31. The molecule has 1 saturated heterocycles. The van der Waals surface area contributed by atoms with Crippen LogP contribution in [0.15, 0.2) is 4.42 Å². The topological polar surface area (TPSA) is 87.9 Å². The molecule has 25 heavy (non-hydrogen) atoms. The van der Waals surface area contributed by atoms with Gasteiger partial charge >= 0.3 is 0 Å². The highest BCUT2D eigenvalue weighted by Gasteiger charge is 2.61. The van der Waals surface area contributed by atoms with Gasteiger partial charge < -0.3 is 9.32 Å². The predicted octanol–water partition coefficient (Wildman–Crippen LogP) is 2.61. The Morgan fingerprint density at radius 2 is 2.16 bits per heavy atom. The Balaban J connectivity index is 1.63. The van der Waals surface area contributed by atoms with Crippen LogP contribution in [0.5, 0.6) is 0 Å². The van der Waals surface area contributed by atoms with E-state index in [2.05, 4.69) is 20.4 Å². The molecule has 2 aromatic rings. The van der Waals surface area contributed by atoms with E-state index < -0.39 is 0 Å². The molecule has 2 aliphatic rings. The molecular weight excluding hydrogens is 318 g/mol. The van der Waals surface area contributed by atoms with E-state index in [1.54, 1.807) is 0 Å². The minimum atomic E-state index is -0.386. The SMILES string of the molecule is Cc1n[nH]c(C)c1CC(=O)N1CC[C@@H]2CC[C@@]21c1nnc(C(C)C)o1. The molecule has 2 fully saturated rings. The van der Waals surface area contributed by atoms with Crippen LogP contribution < -0.4 is 0 Å². The lowest BCUT2D eigenvalue weighted by Gasteiger charge is -2.47. The van der Waals surface area contributed by atoms with Crippen LogP contribution in [0.4, 0.5) is 0 Å². The van der Waals surface area contributed by atoms with Crippen molar-refractivity contribution in [1.29, 1.82) is 0 Å². The van der Waals surface area contributed by atoms with E-state index in [0.29, 0.717) is 24.1 Å². The van der Waals surface area contributed by atoms with Crippen molar-refractivity contribution in [3.63, 3.8) is 0 Å². The average molecular weight is 343 g/mol. The van der Waals surface area contributed by atoms with E-state index in [9.17, 15) is 4.79 Å². The summed E-state index contributed by atoms with van der Waals surface area (Å²) in [4.78, 5) is 15.1. The molecule has 4 rings (SSSR count). The normalized spacial score (nSPS) is 25.3. The van der Waals surface area contributed by atoms with E-state index in [1.165, 1.54) is 0 Å². The van der Waals surface area contributed by atoms with Gasteiger partial charge in [-0.25, -0.2) is 0 Å². The summed E-state index contributed by atoms with van der Waals surface area (Å²) in [6.07, 6.45) is 3.40. The van der Waals surface area contributed by atoms with Gasteiger partial charge in [-0.3, -0.25) is 9.89 Å². The summed E-state index contributed by atoms with van der Waals surface area (Å²) in [7, 11) is 0. The molecule has 2 aromatic heterocycles. The van der Waals surface area contributed by atoms with E-state index in [4.69, 9.17) is 4.42 Å². The minimum absolute atomic E-state index is 0.124. The minimum Gasteiger partial charge on any atom is -0.422 e. The van der Waals surface area contributed by atoms with Crippen molar-refractivity contribution in [3.8, 4) is 0 Å². The number of nitrogens with one attached hydrogen (secondary N) is 1. The maximum absolute atomic E-state index is 13.1. The molecule has 1 saturated carbocycles. The molecule has 7 heteroatoms. The molecule has 1 aliphatic heterocycles. The maximum Gasteiger partial charge on any atom is 0.242 e. The first kappa shape index (κ1) is 16.3. The Bertz CT molecular complexity index is 789. The molecule has 134 valence electrons. The third-order valence-corrected chi connectivity index (χ3v) is 5.95. The summed E-state index contributed by atoms with van der Waals surface area (Å²) in [6.45, 7) is 8.73. The van der Waals surface area contributed by atoms with Crippen LogP contribution in [0.25, 0.3) is 0 Å². The zero-order chi connectivity index (χ0) is 17.8. The monoisotopic (exact) mass is 343 g/mol. The lowest BCUT2D eigenvalue weighted by atomic mass is 9.67. The molecule has 0 spiro atoms. The van der Waals surface area contributed by atoms with Crippen molar-refractivity contribution in [2.45, 2.75) is 64.8 Å². The number of hydrogen-bond acceptors (Lipinski definition) is 5. The molecule has 1 amide bonds. The van der Waals surface area contributed by atoms with Crippen molar-refractivity contribution in [2.24, 2.45) is 5.92 Å². The van der Waals surface area contributed by atoms with Crippen LogP contribution in [0.2, 0.25) is 0 Å². The Hall–Kier alpha value is -2.18. The van der Waals surface area contributed by atoms with E-state index in [0.717, 1.165) is 42.8 Å². The molecule has 0 bridgehead atoms. The number of rotatable bonds is 4. The van der Waals surface area contributed by atoms with Crippen molar-refractivity contribution in [1.82, 2.24) is 25.3 Å². The summed E-state index contributed by atoms with van der Waals surface area (Å²) in [5.41, 5.74) is 2.47.